The first-order chi connectivity index (χ1) is 17.9. The summed E-state index contributed by atoms with van der Waals surface area (Å²) in [4.78, 5) is 46.6. The summed E-state index contributed by atoms with van der Waals surface area (Å²) in [6, 6.07) is 21.6. The van der Waals surface area contributed by atoms with Crippen LogP contribution in [0.4, 0.5) is 10.5 Å². The van der Waals surface area contributed by atoms with Crippen LogP contribution < -0.4 is 15.0 Å². The van der Waals surface area contributed by atoms with Crippen LogP contribution in [-0.2, 0) is 23.3 Å². The maximum Gasteiger partial charge on any atom is 0.332 e. The van der Waals surface area contributed by atoms with Crippen LogP contribution in [0.3, 0.4) is 0 Å². The molecular weight excluding hydrogens is 468 g/mol. The molecule has 8 heteroatoms. The zero-order chi connectivity index (χ0) is 25.7. The molecule has 2 N–H and O–H groups in total. The van der Waals surface area contributed by atoms with E-state index in [0.29, 0.717) is 30.8 Å². The van der Waals surface area contributed by atoms with Gasteiger partial charge in [0, 0.05) is 29.6 Å². The Morgan fingerprint density at radius 1 is 1.05 bits per heavy atom. The fourth-order valence-corrected chi connectivity index (χ4v) is 5.43. The summed E-state index contributed by atoms with van der Waals surface area (Å²) in [6.45, 7) is 2.57. The fourth-order valence-electron chi connectivity index (χ4n) is 5.43. The van der Waals surface area contributed by atoms with Crippen LogP contribution in [0.15, 0.2) is 72.8 Å². The van der Waals surface area contributed by atoms with Crippen LogP contribution in [-0.4, -0.2) is 41.4 Å². The van der Waals surface area contributed by atoms with E-state index in [2.05, 4.69) is 10.3 Å². The second kappa shape index (κ2) is 8.51. The lowest BCUT2D eigenvalue weighted by atomic mass is 9.87. The molecule has 37 heavy (non-hydrogen) atoms. The smallest absolute Gasteiger partial charge is 0.332 e. The number of nitrogens with zero attached hydrogens (tertiary/aromatic N) is 2. The number of ether oxygens (including phenoxy) is 1. The SMILES string of the molecule is COc1ccc(CNC(=O)c2cccc(N3C(=O)N4CCc5c([nH]c6ccccc56)[C@@]4(C)C3=O)c2)cc1. The van der Waals surface area contributed by atoms with Gasteiger partial charge in [-0.25, -0.2) is 9.69 Å². The summed E-state index contributed by atoms with van der Waals surface area (Å²) in [5.41, 5.74) is 3.31. The summed E-state index contributed by atoms with van der Waals surface area (Å²) in [5.74, 6) is 0.117. The van der Waals surface area contributed by atoms with Gasteiger partial charge in [-0.2, -0.15) is 0 Å². The Balaban J connectivity index is 1.28. The zero-order valence-corrected chi connectivity index (χ0v) is 20.6. The lowest BCUT2D eigenvalue weighted by Crippen LogP contribution is -2.49. The van der Waals surface area contributed by atoms with Gasteiger partial charge in [0.1, 0.15) is 5.75 Å². The van der Waals surface area contributed by atoms with Crippen molar-refractivity contribution in [1.82, 2.24) is 15.2 Å². The normalized spacial score (nSPS) is 18.6. The average molecular weight is 495 g/mol. The first-order valence-corrected chi connectivity index (χ1v) is 12.2. The Hall–Kier alpha value is -4.59. The number of H-pyrrole nitrogens is 1. The number of fused-ring (bicyclic) bond motifs is 5. The second-order valence-electron chi connectivity index (χ2n) is 9.50. The summed E-state index contributed by atoms with van der Waals surface area (Å²) in [5, 5.41) is 3.97. The van der Waals surface area contributed by atoms with Gasteiger partial charge >= 0.3 is 6.03 Å². The number of aromatic nitrogens is 1. The van der Waals surface area contributed by atoms with Crippen molar-refractivity contribution < 1.29 is 19.1 Å². The predicted molar refractivity (Wildman–Crippen MR) is 140 cm³/mol. The number of carbonyl (C=O) groups is 3. The van der Waals surface area contributed by atoms with Crippen LogP contribution in [0.5, 0.6) is 5.75 Å². The monoisotopic (exact) mass is 494 g/mol. The molecular formula is C29H26N4O4. The van der Waals surface area contributed by atoms with E-state index < -0.39 is 5.54 Å². The van der Waals surface area contributed by atoms with E-state index in [1.54, 1.807) is 43.2 Å². The summed E-state index contributed by atoms with van der Waals surface area (Å²) < 4.78 is 5.17. The molecule has 6 rings (SSSR count). The quantitative estimate of drug-likeness (QED) is 0.404. The molecule has 0 unspecified atom stereocenters. The van der Waals surface area contributed by atoms with Gasteiger partial charge in [-0.05, 0) is 60.9 Å². The van der Waals surface area contributed by atoms with Crippen molar-refractivity contribution >= 4 is 34.4 Å². The number of rotatable bonds is 5. The van der Waals surface area contributed by atoms with Gasteiger partial charge in [0.15, 0.2) is 5.54 Å². The molecule has 4 aromatic rings. The minimum Gasteiger partial charge on any atom is -0.497 e. The minimum atomic E-state index is -1.14. The molecule has 3 heterocycles. The number of anilines is 1. The van der Waals surface area contributed by atoms with E-state index in [-0.39, 0.29) is 17.8 Å². The molecule has 186 valence electrons. The maximum absolute atomic E-state index is 13.9. The molecule has 1 aromatic heterocycles. The van der Waals surface area contributed by atoms with Gasteiger partial charge in [0.25, 0.3) is 11.8 Å². The van der Waals surface area contributed by atoms with Crippen LogP contribution in [0.2, 0.25) is 0 Å². The summed E-state index contributed by atoms with van der Waals surface area (Å²) in [7, 11) is 1.60. The highest BCUT2D eigenvalue weighted by atomic mass is 16.5. The number of aromatic amines is 1. The van der Waals surface area contributed by atoms with Crippen molar-refractivity contribution in [2.75, 3.05) is 18.6 Å². The fraction of sp³-hybridized carbons (Fsp3) is 0.207. The lowest BCUT2D eigenvalue weighted by Gasteiger charge is -2.35. The Morgan fingerprint density at radius 3 is 2.62 bits per heavy atom. The average Bonchev–Trinajstić information content (AvgIpc) is 3.41. The van der Waals surface area contributed by atoms with Crippen LogP contribution in [0.25, 0.3) is 10.9 Å². The molecule has 2 aliphatic rings. The Morgan fingerprint density at radius 2 is 1.84 bits per heavy atom. The van der Waals surface area contributed by atoms with Crippen LogP contribution in [0.1, 0.15) is 34.1 Å². The number of nitrogens with one attached hydrogen (secondary N) is 2. The van der Waals surface area contributed by atoms with E-state index in [9.17, 15) is 14.4 Å². The number of methoxy groups -OCH3 is 1. The molecule has 0 bridgehead atoms. The van der Waals surface area contributed by atoms with Gasteiger partial charge in [0.05, 0.1) is 18.5 Å². The number of benzene rings is 3. The molecule has 2 aliphatic heterocycles. The molecule has 8 nitrogen and oxygen atoms in total. The third-order valence-corrected chi connectivity index (χ3v) is 7.45. The standard InChI is InChI=1S/C29H26N4O4/c1-29-25-23(22-8-3-4-9-24(22)31-25)14-15-32(29)28(36)33(27(29)35)20-7-5-6-19(16-20)26(34)30-17-18-10-12-21(37-2)13-11-18/h3-13,16,31H,14-15,17H2,1-2H3,(H,30,34)/t29-/m0/s1. The zero-order valence-electron chi connectivity index (χ0n) is 20.6. The lowest BCUT2D eigenvalue weighted by molar-refractivity contribution is -0.125. The van der Waals surface area contributed by atoms with E-state index in [4.69, 9.17) is 4.74 Å². The number of para-hydroxylation sites is 1. The molecule has 0 radical (unpaired) electrons. The summed E-state index contributed by atoms with van der Waals surface area (Å²) >= 11 is 0. The second-order valence-corrected chi connectivity index (χ2v) is 9.50. The summed E-state index contributed by atoms with van der Waals surface area (Å²) in [6.07, 6.45) is 0.662. The largest absolute Gasteiger partial charge is 0.497 e. The van der Waals surface area contributed by atoms with Crippen molar-refractivity contribution in [2.45, 2.75) is 25.4 Å². The Kier molecular flexibility index (Phi) is 5.26. The van der Waals surface area contributed by atoms with Gasteiger partial charge in [-0.15, -0.1) is 0 Å². The van der Waals surface area contributed by atoms with Gasteiger partial charge in [-0.3, -0.25) is 9.59 Å². The van der Waals surface area contributed by atoms with E-state index in [1.807, 2.05) is 48.5 Å². The predicted octanol–water partition coefficient (Wildman–Crippen LogP) is 4.35. The Bertz CT molecular complexity index is 1560. The van der Waals surface area contributed by atoms with E-state index in [0.717, 1.165) is 33.5 Å². The maximum atomic E-state index is 13.9. The molecule has 1 atom stereocenters. The molecule has 4 amide bonds. The van der Waals surface area contributed by atoms with Crippen LogP contribution in [0, 0.1) is 0 Å². The topological polar surface area (TPSA) is 94.7 Å². The van der Waals surface area contributed by atoms with Crippen molar-refractivity contribution in [3.8, 4) is 5.75 Å². The third kappa shape index (κ3) is 3.48. The van der Waals surface area contributed by atoms with E-state index in [1.165, 1.54) is 4.90 Å². The van der Waals surface area contributed by atoms with Gasteiger partial charge in [-0.1, -0.05) is 36.4 Å². The molecule has 1 fully saturated rings. The molecule has 0 aliphatic carbocycles. The Labute approximate surface area is 213 Å². The number of imide groups is 1. The highest BCUT2D eigenvalue weighted by Gasteiger charge is 2.59. The number of urea groups is 1. The molecule has 1 saturated heterocycles. The first kappa shape index (κ1) is 22.8. The number of hydrogen-bond donors (Lipinski definition) is 2. The van der Waals surface area contributed by atoms with Gasteiger partial charge < -0.3 is 19.9 Å². The minimum absolute atomic E-state index is 0.293. The molecule has 0 spiro atoms. The number of amides is 4. The van der Waals surface area contributed by atoms with Crippen molar-refractivity contribution in [2.24, 2.45) is 0 Å². The number of hydrogen-bond acceptors (Lipinski definition) is 4. The van der Waals surface area contributed by atoms with Crippen molar-refractivity contribution in [3.63, 3.8) is 0 Å². The van der Waals surface area contributed by atoms with E-state index >= 15 is 0 Å². The number of carbonyl (C=O) groups excluding carboxylic acids is 3. The van der Waals surface area contributed by atoms with Crippen molar-refractivity contribution in [3.05, 3.63) is 95.2 Å². The highest BCUT2D eigenvalue weighted by Crippen LogP contribution is 2.45. The highest BCUT2D eigenvalue weighted by molar-refractivity contribution is 6.24. The third-order valence-electron chi connectivity index (χ3n) is 7.45. The van der Waals surface area contributed by atoms with Gasteiger partial charge in [0.2, 0.25) is 0 Å². The first-order valence-electron chi connectivity index (χ1n) is 12.2. The van der Waals surface area contributed by atoms with Crippen molar-refractivity contribution in [1.29, 1.82) is 0 Å². The van der Waals surface area contributed by atoms with Crippen LogP contribution >= 0.6 is 0 Å². The molecule has 0 saturated carbocycles. The molecule has 3 aromatic carbocycles.